The van der Waals surface area contributed by atoms with Gasteiger partial charge in [-0.15, -0.1) is 0 Å². The van der Waals surface area contributed by atoms with Crippen molar-refractivity contribution in [3.63, 3.8) is 0 Å². The summed E-state index contributed by atoms with van der Waals surface area (Å²) in [5.41, 5.74) is 8.22. The number of aromatic nitrogens is 1. The van der Waals surface area contributed by atoms with Crippen molar-refractivity contribution < 1.29 is 4.74 Å². The highest BCUT2D eigenvalue weighted by Gasteiger charge is 2.29. The van der Waals surface area contributed by atoms with Crippen molar-refractivity contribution in [3.8, 4) is 11.1 Å². The minimum atomic E-state index is 0.484. The SMILES string of the molecule is CCCc1cc(-c2ccc3c(C4CCOC[C@@H]4C)nc(C4CCCC(CC)C4)cc3c2)ccc1C. The minimum Gasteiger partial charge on any atom is -0.381 e. The van der Waals surface area contributed by atoms with Crippen LogP contribution in [0.1, 0.15) is 100 Å². The van der Waals surface area contributed by atoms with Crippen molar-refractivity contribution in [3.05, 3.63) is 65.0 Å². The normalized spacial score (nSPS) is 25.1. The van der Waals surface area contributed by atoms with Crippen LogP contribution >= 0.6 is 0 Å². The molecule has 0 bridgehead atoms. The van der Waals surface area contributed by atoms with E-state index in [1.807, 2.05) is 0 Å². The molecule has 35 heavy (non-hydrogen) atoms. The minimum absolute atomic E-state index is 0.484. The Balaban J connectivity index is 1.61. The molecule has 2 heterocycles. The molecule has 0 radical (unpaired) electrons. The number of fused-ring (bicyclic) bond motifs is 1. The van der Waals surface area contributed by atoms with Gasteiger partial charge in [0.15, 0.2) is 0 Å². The molecule has 2 nitrogen and oxygen atoms in total. The van der Waals surface area contributed by atoms with Gasteiger partial charge in [-0.3, -0.25) is 4.98 Å². The summed E-state index contributed by atoms with van der Waals surface area (Å²) >= 11 is 0. The van der Waals surface area contributed by atoms with Crippen LogP contribution in [0.5, 0.6) is 0 Å². The second-order valence-electron chi connectivity index (χ2n) is 11.3. The number of benzene rings is 2. The zero-order valence-corrected chi connectivity index (χ0v) is 22.3. The van der Waals surface area contributed by atoms with Gasteiger partial charge in [0.1, 0.15) is 0 Å². The molecule has 1 aliphatic carbocycles. The zero-order valence-electron chi connectivity index (χ0n) is 22.3. The lowest BCUT2D eigenvalue weighted by Gasteiger charge is -2.32. The van der Waals surface area contributed by atoms with Crippen LogP contribution in [-0.2, 0) is 11.2 Å². The van der Waals surface area contributed by atoms with E-state index in [1.165, 1.54) is 82.9 Å². The van der Waals surface area contributed by atoms with Crippen molar-refractivity contribution in [1.82, 2.24) is 4.98 Å². The van der Waals surface area contributed by atoms with Crippen LogP contribution in [0.3, 0.4) is 0 Å². The summed E-state index contributed by atoms with van der Waals surface area (Å²) in [6, 6.07) is 16.6. The molecular formula is C33H43NO. The predicted octanol–water partition coefficient (Wildman–Crippen LogP) is 8.99. The average molecular weight is 470 g/mol. The summed E-state index contributed by atoms with van der Waals surface area (Å²) in [5, 5.41) is 2.72. The third-order valence-electron chi connectivity index (χ3n) is 8.85. The zero-order chi connectivity index (χ0) is 24.4. The van der Waals surface area contributed by atoms with Crippen LogP contribution < -0.4 is 0 Å². The van der Waals surface area contributed by atoms with Crippen molar-refractivity contribution >= 4 is 10.8 Å². The summed E-state index contributed by atoms with van der Waals surface area (Å²) in [4.78, 5) is 5.46. The number of hydrogen-bond acceptors (Lipinski definition) is 2. The quantitative estimate of drug-likeness (QED) is 0.359. The van der Waals surface area contributed by atoms with E-state index in [9.17, 15) is 0 Å². The number of nitrogens with zero attached hydrogens (tertiary/aromatic N) is 1. The smallest absolute Gasteiger partial charge is 0.0520 e. The first-order valence-electron chi connectivity index (χ1n) is 14.2. The summed E-state index contributed by atoms with van der Waals surface area (Å²) in [7, 11) is 0. The van der Waals surface area contributed by atoms with Gasteiger partial charge < -0.3 is 4.74 Å². The topological polar surface area (TPSA) is 22.1 Å². The van der Waals surface area contributed by atoms with E-state index < -0.39 is 0 Å². The highest BCUT2D eigenvalue weighted by atomic mass is 16.5. The van der Waals surface area contributed by atoms with Crippen molar-refractivity contribution in [2.24, 2.45) is 11.8 Å². The monoisotopic (exact) mass is 469 g/mol. The summed E-state index contributed by atoms with van der Waals surface area (Å²) in [5.74, 6) is 2.45. The Morgan fingerprint density at radius 3 is 2.60 bits per heavy atom. The highest BCUT2D eigenvalue weighted by Crippen LogP contribution is 2.41. The first kappa shape index (κ1) is 24.5. The average Bonchev–Trinajstić information content (AvgIpc) is 2.89. The molecule has 2 aromatic carbocycles. The molecule has 2 fully saturated rings. The van der Waals surface area contributed by atoms with Crippen LogP contribution in [0.2, 0.25) is 0 Å². The van der Waals surface area contributed by atoms with Gasteiger partial charge in [-0.05, 0) is 84.2 Å². The number of pyridine rings is 1. The summed E-state index contributed by atoms with van der Waals surface area (Å²) < 4.78 is 5.81. The van der Waals surface area contributed by atoms with Crippen molar-refractivity contribution in [1.29, 1.82) is 0 Å². The fraction of sp³-hybridized carbons (Fsp3) is 0.545. The summed E-state index contributed by atoms with van der Waals surface area (Å²) in [6.07, 6.45) is 10.0. The lowest BCUT2D eigenvalue weighted by Crippen LogP contribution is -2.25. The molecule has 2 heteroatoms. The van der Waals surface area contributed by atoms with Crippen LogP contribution in [-0.4, -0.2) is 18.2 Å². The van der Waals surface area contributed by atoms with Gasteiger partial charge in [-0.1, -0.05) is 76.8 Å². The molecule has 4 atom stereocenters. The molecule has 3 aromatic rings. The number of aryl methyl sites for hydroxylation is 2. The molecule has 5 rings (SSSR count). The van der Waals surface area contributed by atoms with Gasteiger partial charge in [0, 0.05) is 36.1 Å². The van der Waals surface area contributed by atoms with E-state index in [1.54, 1.807) is 0 Å². The molecule has 0 spiro atoms. The molecule has 1 aliphatic heterocycles. The summed E-state index contributed by atoms with van der Waals surface area (Å²) in [6.45, 7) is 10.9. The van der Waals surface area contributed by atoms with E-state index in [-0.39, 0.29) is 0 Å². The Hall–Kier alpha value is -2.19. The van der Waals surface area contributed by atoms with E-state index in [2.05, 4.69) is 70.2 Å². The maximum Gasteiger partial charge on any atom is 0.0520 e. The number of hydrogen-bond donors (Lipinski definition) is 0. The number of ether oxygens (including phenoxy) is 1. The molecule has 1 saturated heterocycles. The van der Waals surface area contributed by atoms with Gasteiger partial charge in [-0.25, -0.2) is 0 Å². The Labute approximate surface area is 212 Å². The fourth-order valence-electron chi connectivity index (χ4n) is 6.58. The second kappa shape index (κ2) is 10.8. The molecule has 3 unspecified atom stereocenters. The molecule has 0 N–H and O–H groups in total. The third kappa shape index (κ3) is 5.19. The maximum absolute atomic E-state index is 5.81. The van der Waals surface area contributed by atoms with E-state index in [4.69, 9.17) is 9.72 Å². The van der Waals surface area contributed by atoms with Crippen molar-refractivity contribution in [2.75, 3.05) is 13.2 Å². The molecule has 2 aliphatic rings. The maximum atomic E-state index is 5.81. The molecule has 1 aromatic heterocycles. The van der Waals surface area contributed by atoms with Gasteiger partial charge in [-0.2, -0.15) is 0 Å². The van der Waals surface area contributed by atoms with Gasteiger partial charge in [0.25, 0.3) is 0 Å². The standard InChI is InChI=1S/C33H43NO/c1-5-8-25-18-26(12-11-22(25)3)27-13-14-31-29(19-27)20-32(28-10-7-9-24(6-2)17-28)34-33(31)30-15-16-35-21-23(30)4/h11-14,18-20,23-24,28,30H,5-10,15-17,21H2,1-4H3/t23-,24?,28?,30?/m0/s1. The van der Waals surface area contributed by atoms with Gasteiger partial charge >= 0.3 is 0 Å². The largest absolute Gasteiger partial charge is 0.381 e. The Morgan fingerprint density at radius 1 is 0.971 bits per heavy atom. The van der Waals surface area contributed by atoms with E-state index in [0.717, 1.165) is 32.0 Å². The van der Waals surface area contributed by atoms with E-state index >= 15 is 0 Å². The van der Waals surface area contributed by atoms with Gasteiger partial charge in [0.2, 0.25) is 0 Å². The van der Waals surface area contributed by atoms with Crippen LogP contribution in [0.4, 0.5) is 0 Å². The Kier molecular flexibility index (Phi) is 7.58. The van der Waals surface area contributed by atoms with Crippen LogP contribution in [0, 0.1) is 18.8 Å². The molecular weight excluding hydrogens is 426 g/mol. The van der Waals surface area contributed by atoms with Crippen LogP contribution in [0.25, 0.3) is 21.9 Å². The lowest BCUT2D eigenvalue weighted by molar-refractivity contribution is 0.0466. The Morgan fingerprint density at radius 2 is 1.80 bits per heavy atom. The van der Waals surface area contributed by atoms with E-state index in [0.29, 0.717) is 17.8 Å². The highest BCUT2D eigenvalue weighted by molar-refractivity contribution is 5.90. The van der Waals surface area contributed by atoms with Crippen molar-refractivity contribution in [2.45, 2.75) is 90.9 Å². The van der Waals surface area contributed by atoms with Crippen LogP contribution in [0.15, 0.2) is 42.5 Å². The lowest BCUT2D eigenvalue weighted by atomic mass is 9.77. The first-order chi connectivity index (χ1) is 17.1. The van der Waals surface area contributed by atoms with Gasteiger partial charge in [0.05, 0.1) is 5.69 Å². The Bertz CT molecular complexity index is 1170. The molecule has 1 saturated carbocycles. The second-order valence-corrected chi connectivity index (χ2v) is 11.3. The third-order valence-corrected chi connectivity index (χ3v) is 8.85. The first-order valence-corrected chi connectivity index (χ1v) is 14.2. The predicted molar refractivity (Wildman–Crippen MR) is 148 cm³/mol. The fourth-order valence-corrected chi connectivity index (χ4v) is 6.58. The molecule has 0 amide bonds. The number of rotatable bonds is 6. The molecule has 186 valence electrons.